The lowest BCUT2D eigenvalue weighted by atomic mass is 9.88. The van der Waals surface area contributed by atoms with Gasteiger partial charge >= 0.3 is 0 Å². The van der Waals surface area contributed by atoms with Crippen LogP contribution in [0.15, 0.2) is 29.3 Å². The molecule has 0 aliphatic rings. The third-order valence-electron chi connectivity index (χ3n) is 4.87. The second kappa shape index (κ2) is 10.6. The van der Waals surface area contributed by atoms with E-state index in [0.717, 1.165) is 28.0 Å². The molecule has 1 aromatic carbocycles. The SMILES string of the molecule is CC/C(C)=c1\ccc(C(C)=O)cc1=CC(=C(C)C)C(CCC=N)C(=O)NC. The average molecular weight is 369 g/mol. The average Bonchev–Trinajstić information content (AvgIpc) is 2.65. The van der Waals surface area contributed by atoms with Gasteiger partial charge in [-0.25, -0.2) is 0 Å². The van der Waals surface area contributed by atoms with Crippen LogP contribution in [-0.2, 0) is 4.79 Å². The summed E-state index contributed by atoms with van der Waals surface area (Å²) in [5.74, 6) is -0.349. The normalized spacial score (nSPS) is 13.6. The maximum Gasteiger partial charge on any atom is 0.227 e. The summed E-state index contributed by atoms with van der Waals surface area (Å²) in [4.78, 5) is 24.4. The zero-order valence-corrected chi connectivity index (χ0v) is 17.4. The zero-order valence-electron chi connectivity index (χ0n) is 17.4. The first-order valence-electron chi connectivity index (χ1n) is 9.47. The highest BCUT2D eigenvalue weighted by atomic mass is 16.1. The van der Waals surface area contributed by atoms with Crippen LogP contribution >= 0.6 is 0 Å². The summed E-state index contributed by atoms with van der Waals surface area (Å²) in [7, 11) is 1.64. The molecule has 27 heavy (non-hydrogen) atoms. The van der Waals surface area contributed by atoms with Crippen LogP contribution in [0.25, 0.3) is 11.6 Å². The predicted octanol–water partition coefficient (Wildman–Crippen LogP) is 3.38. The van der Waals surface area contributed by atoms with Crippen molar-refractivity contribution in [2.24, 2.45) is 5.92 Å². The van der Waals surface area contributed by atoms with E-state index in [4.69, 9.17) is 5.41 Å². The highest BCUT2D eigenvalue weighted by Crippen LogP contribution is 2.22. The van der Waals surface area contributed by atoms with E-state index in [9.17, 15) is 9.59 Å². The maximum absolute atomic E-state index is 12.5. The Kier molecular flexibility index (Phi) is 8.86. The molecule has 0 spiro atoms. The molecule has 1 unspecified atom stereocenters. The third-order valence-corrected chi connectivity index (χ3v) is 4.87. The van der Waals surface area contributed by atoms with Gasteiger partial charge in [0.15, 0.2) is 5.78 Å². The van der Waals surface area contributed by atoms with Gasteiger partial charge in [0.05, 0.1) is 5.92 Å². The predicted molar refractivity (Wildman–Crippen MR) is 113 cm³/mol. The van der Waals surface area contributed by atoms with Crippen molar-refractivity contribution in [1.82, 2.24) is 5.32 Å². The Bertz CT molecular complexity index is 859. The highest BCUT2D eigenvalue weighted by molar-refractivity contribution is 5.94. The summed E-state index contributed by atoms with van der Waals surface area (Å²) in [5, 5.41) is 12.1. The summed E-state index contributed by atoms with van der Waals surface area (Å²) in [6.45, 7) is 9.76. The molecular weight excluding hydrogens is 336 g/mol. The molecule has 0 aliphatic carbocycles. The van der Waals surface area contributed by atoms with E-state index >= 15 is 0 Å². The van der Waals surface area contributed by atoms with Crippen LogP contribution < -0.4 is 15.8 Å². The Balaban J connectivity index is 3.78. The Morgan fingerprint density at radius 3 is 2.33 bits per heavy atom. The summed E-state index contributed by atoms with van der Waals surface area (Å²) in [5.41, 5.74) is 3.91. The van der Waals surface area contributed by atoms with Crippen molar-refractivity contribution in [3.05, 3.63) is 45.3 Å². The largest absolute Gasteiger partial charge is 0.359 e. The van der Waals surface area contributed by atoms with Crippen LogP contribution in [-0.4, -0.2) is 25.0 Å². The van der Waals surface area contributed by atoms with Crippen molar-refractivity contribution in [2.45, 2.75) is 53.9 Å². The standard InChI is InChI=1S/C23H32N2O2/c1-7-16(4)20-11-10-18(17(5)26)13-19(20)14-22(15(2)3)21(9-8-12-24)23(27)25-6/h10-14,21,24H,7-9H2,1-6H3,(H,25,27)/b19-14?,20-16+,24-12?. The number of amides is 1. The zero-order chi connectivity index (χ0) is 20.6. The molecule has 0 bridgehead atoms. The van der Waals surface area contributed by atoms with E-state index in [-0.39, 0.29) is 17.6 Å². The number of Topliss-reactive ketones (excluding diaryl/α,β-unsaturated/α-hetero) is 1. The smallest absolute Gasteiger partial charge is 0.227 e. The fraction of sp³-hybridized carbons (Fsp3) is 0.435. The second-order valence-electron chi connectivity index (χ2n) is 7.04. The first-order valence-corrected chi connectivity index (χ1v) is 9.47. The van der Waals surface area contributed by atoms with Crippen molar-refractivity contribution < 1.29 is 9.59 Å². The quantitative estimate of drug-likeness (QED) is 0.545. The molecule has 1 amide bonds. The minimum absolute atomic E-state index is 0.0239. The Hall–Kier alpha value is -2.49. The Morgan fingerprint density at radius 1 is 1.19 bits per heavy atom. The summed E-state index contributed by atoms with van der Waals surface area (Å²) in [6, 6.07) is 5.77. The van der Waals surface area contributed by atoms with E-state index in [1.165, 1.54) is 11.8 Å². The third kappa shape index (κ3) is 6.02. The van der Waals surface area contributed by atoms with Crippen molar-refractivity contribution in [1.29, 1.82) is 5.41 Å². The van der Waals surface area contributed by atoms with Crippen LogP contribution in [0.2, 0.25) is 0 Å². The monoisotopic (exact) mass is 368 g/mol. The topological polar surface area (TPSA) is 70.0 Å². The number of hydrogen-bond acceptors (Lipinski definition) is 3. The molecule has 146 valence electrons. The summed E-state index contributed by atoms with van der Waals surface area (Å²) < 4.78 is 0. The molecule has 2 N–H and O–H groups in total. The molecule has 1 rings (SSSR count). The van der Waals surface area contributed by atoms with Gasteiger partial charge in [0.2, 0.25) is 5.91 Å². The Morgan fingerprint density at radius 2 is 1.85 bits per heavy atom. The van der Waals surface area contributed by atoms with Gasteiger partial charge in [0.25, 0.3) is 0 Å². The van der Waals surface area contributed by atoms with Gasteiger partial charge in [-0.15, -0.1) is 0 Å². The molecule has 0 aliphatic heterocycles. The molecule has 0 fully saturated rings. The van der Waals surface area contributed by atoms with Gasteiger partial charge in [-0.1, -0.05) is 36.3 Å². The fourth-order valence-electron chi connectivity index (χ4n) is 3.09. The number of allylic oxidation sites excluding steroid dienone is 1. The van der Waals surface area contributed by atoms with E-state index in [2.05, 4.69) is 19.2 Å². The minimum Gasteiger partial charge on any atom is -0.359 e. The van der Waals surface area contributed by atoms with Crippen LogP contribution in [0.5, 0.6) is 0 Å². The summed E-state index contributed by atoms with van der Waals surface area (Å²) >= 11 is 0. The lowest BCUT2D eigenvalue weighted by molar-refractivity contribution is -0.123. The van der Waals surface area contributed by atoms with Crippen molar-refractivity contribution in [3.63, 3.8) is 0 Å². The Labute approximate surface area is 162 Å². The molecule has 0 saturated heterocycles. The summed E-state index contributed by atoms with van der Waals surface area (Å²) in [6.07, 6.45) is 5.42. The number of benzene rings is 1. The van der Waals surface area contributed by atoms with Crippen LogP contribution in [0.3, 0.4) is 0 Å². The molecule has 0 radical (unpaired) electrons. The molecule has 4 nitrogen and oxygen atoms in total. The van der Waals surface area contributed by atoms with E-state index in [1.54, 1.807) is 14.0 Å². The highest BCUT2D eigenvalue weighted by Gasteiger charge is 2.21. The first-order chi connectivity index (χ1) is 12.8. The number of carbonyl (C=O) groups excluding carboxylic acids is 2. The van der Waals surface area contributed by atoms with E-state index < -0.39 is 0 Å². The molecule has 1 aromatic rings. The second-order valence-corrected chi connectivity index (χ2v) is 7.04. The molecule has 0 aromatic heterocycles. The van der Waals surface area contributed by atoms with Gasteiger partial charge in [-0.05, 0) is 75.2 Å². The minimum atomic E-state index is -0.322. The van der Waals surface area contributed by atoms with E-state index in [0.29, 0.717) is 18.4 Å². The van der Waals surface area contributed by atoms with Crippen molar-refractivity contribution >= 4 is 29.6 Å². The van der Waals surface area contributed by atoms with Crippen LogP contribution in [0.1, 0.15) is 64.2 Å². The molecular formula is C23H32N2O2. The van der Waals surface area contributed by atoms with E-state index in [1.807, 2.05) is 38.1 Å². The number of ketones is 1. The number of nitrogens with one attached hydrogen (secondary N) is 2. The lowest BCUT2D eigenvalue weighted by Gasteiger charge is -2.18. The van der Waals surface area contributed by atoms with Gasteiger partial charge in [0.1, 0.15) is 0 Å². The fourth-order valence-corrected chi connectivity index (χ4v) is 3.09. The number of hydrogen-bond donors (Lipinski definition) is 2. The van der Waals surface area contributed by atoms with Gasteiger partial charge in [-0.3, -0.25) is 9.59 Å². The molecule has 4 heteroatoms. The van der Waals surface area contributed by atoms with Gasteiger partial charge in [0, 0.05) is 12.6 Å². The molecule has 0 saturated carbocycles. The van der Waals surface area contributed by atoms with Crippen LogP contribution in [0, 0.1) is 11.3 Å². The molecule has 1 atom stereocenters. The van der Waals surface area contributed by atoms with Gasteiger partial charge < -0.3 is 10.7 Å². The van der Waals surface area contributed by atoms with Crippen molar-refractivity contribution in [2.75, 3.05) is 7.05 Å². The first kappa shape index (κ1) is 22.6. The van der Waals surface area contributed by atoms with Crippen LogP contribution in [0.4, 0.5) is 0 Å². The van der Waals surface area contributed by atoms with Crippen molar-refractivity contribution in [3.8, 4) is 0 Å². The van der Waals surface area contributed by atoms with Gasteiger partial charge in [-0.2, -0.15) is 0 Å². The maximum atomic E-state index is 12.5. The number of carbonyl (C=O) groups is 2. The molecule has 0 heterocycles. The number of rotatable bonds is 8. The lowest BCUT2D eigenvalue weighted by Crippen LogP contribution is -2.32.